The Balaban J connectivity index is 2.14. The van der Waals surface area contributed by atoms with E-state index in [1.165, 1.54) is 0 Å². The fourth-order valence-electron chi connectivity index (χ4n) is 2.48. The van der Waals surface area contributed by atoms with Crippen LogP contribution in [0.15, 0.2) is 22.7 Å². The number of likely N-dealkylation sites (N-methyl/N-ethyl adjacent to an activating group) is 1. The van der Waals surface area contributed by atoms with Gasteiger partial charge in [0.1, 0.15) is 0 Å². The first kappa shape index (κ1) is 15.3. The van der Waals surface area contributed by atoms with Crippen LogP contribution in [0.25, 0.3) is 0 Å². The summed E-state index contributed by atoms with van der Waals surface area (Å²) in [5.41, 5.74) is 0.768. The lowest BCUT2D eigenvalue weighted by molar-refractivity contribution is 0.0527. The van der Waals surface area contributed by atoms with Gasteiger partial charge < -0.3 is 4.90 Å². The van der Waals surface area contributed by atoms with E-state index in [-0.39, 0.29) is 5.91 Å². The van der Waals surface area contributed by atoms with Crippen molar-refractivity contribution < 1.29 is 4.79 Å². The molecule has 1 aliphatic heterocycles. The van der Waals surface area contributed by atoms with Crippen LogP contribution >= 0.6 is 38.5 Å². The quantitative estimate of drug-likeness (QED) is 0.664. The van der Waals surface area contributed by atoms with E-state index in [0.717, 1.165) is 39.8 Å². The lowest BCUT2D eigenvalue weighted by atomic mass is 10.1. The normalized spacial score (nSPS) is 20.6. The lowest BCUT2D eigenvalue weighted by Crippen LogP contribution is -2.53. The second kappa shape index (κ2) is 6.54. The lowest BCUT2D eigenvalue weighted by Gasteiger charge is -2.39. The molecule has 0 spiro atoms. The number of halogens is 2. The van der Waals surface area contributed by atoms with Crippen molar-refractivity contribution in [3.63, 3.8) is 0 Å². The summed E-state index contributed by atoms with van der Waals surface area (Å²) in [5, 5.41) is 0. The minimum absolute atomic E-state index is 0.132. The molecule has 0 N–H and O–H groups in total. The molecule has 1 fully saturated rings. The molecule has 104 valence electrons. The number of rotatable bonds is 2. The van der Waals surface area contributed by atoms with Crippen LogP contribution in [0.1, 0.15) is 24.2 Å². The van der Waals surface area contributed by atoms with Crippen LogP contribution in [0.3, 0.4) is 0 Å². The third-order valence-corrected chi connectivity index (χ3v) is 4.98. The van der Waals surface area contributed by atoms with Crippen molar-refractivity contribution >= 4 is 44.4 Å². The molecule has 1 atom stereocenters. The Morgan fingerprint density at radius 2 is 2.21 bits per heavy atom. The molecular weight excluding hydrogens is 419 g/mol. The van der Waals surface area contributed by atoms with Crippen LogP contribution in [-0.2, 0) is 0 Å². The Kier molecular flexibility index (Phi) is 5.25. The molecule has 0 aromatic heterocycles. The average Bonchev–Trinajstić information content (AvgIpc) is 2.40. The zero-order valence-corrected chi connectivity index (χ0v) is 14.9. The molecule has 1 unspecified atom stereocenters. The molecule has 0 saturated carbocycles. The Morgan fingerprint density at radius 1 is 1.47 bits per heavy atom. The summed E-state index contributed by atoms with van der Waals surface area (Å²) < 4.78 is 1.97. The Morgan fingerprint density at radius 3 is 2.84 bits per heavy atom. The van der Waals surface area contributed by atoms with Gasteiger partial charge in [-0.15, -0.1) is 0 Å². The zero-order valence-electron chi connectivity index (χ0n) is 11.2. The molecule has 0 bridgehead atoms. The third kappa shape index (κ3) is 3.49. The largest absolute Gasteiger partial charge is 0.336 e. The Labute approximate surface area is 136 Å². The highest BCUT2D eigenvalue weighted by Crippen LogP contribution is 2.22. The molecule has 0 aliphatic carbocycles. The van der Waals surface area contributed by atoms with Gasteiger partial charge in [0.05, 0.1) is 5.56 Å². The number of carbonyl (C=O) groups is 1. The van der Waals surface area contributed by atoms with Crippen molar-refractivity contribution in [1.82, 2.24) is 9.80 Å². The van der Waals surface area contributed by atoms with Gasteiger partial charge >= 0.3 is 0 Å². The third-order valence-electron chi connectivity index (χ3n) is 3.62. The number of hydrogen-bond acceptors (Lipinski definition) is 2. The summed E-state index contributed by atoms with van der Waals surface area (Å²) in [6.07, 6.45) is 0. The fraction of sp³-hybridized carbons (Fsp3) is 0.500. The molecule has 2 rings (SSSR count). The summed E-state index contributed by atoms with van der Waals surface area (Å²) in [5.74, 6) is 0.132. The van der Waals surface area contributed by atoms with Gasteiger partial charge in [-0.1, -0.05) is 6.92 Å². The highest BCUT2D eigenvalue weighted by Gasteiger charge is 2.27. The van der Waals surface area contributed by atoms with Crippen molar-refractivity contribution in [3.8, 4) is 0 Å². The van der Waals surface area contributed by atoms with E-state index in [0.29, 0.717) is 6.04 Å². The van der Waals surface area contributed by atoms with E-state index in [4.69, 9.17) is 0 Å². The van der Waals surface area contributed by atoms with Gasteiger partial charge in [0.25, 0.3) is 5.91 Å². The topological polar surface area (TPSA) is 23.6 Å². The smallest absolute Gasteiger partial charge is 0.255 e. The second-order valence-electron chi connectivity index (χ2n) is 4.85. The monoisotopic (exact) mass is 436 g/mol. The van der Waals surface area contributed by atoms with Gasteiger partial charge in [-0.05, 0) is 70.2 Å². The Bertz CT molecular complexity index is 481. The van der Waals surface area contributed by atoms with Crippen molar-refractivity contribution in [2.45, 2.75) is 19.9 Å². The molecular formula is C14H18BrIN2O. The number of nitrogens with zero attached hydrogens (tertiary/aromatic N) is 2. The predicted molar refractivity (Wildman–Crippen MR) is 89.5 cm³/mol. The molecule has 3 nitrogen and oxygen atoms in total. The van der Waals surface area contributed by atoms with Crippen LogP contribution < -0.4 is 0 Å². The number of piperazine rings is 1. The maximum absolute atomic E-state index is 12.6. The summed E-state index contributed by atoms with van der Waals surface area (Å²) >= 11 is 5.72. The molecule has 19 heavy (non-hydrogen) atoms. The minimum Gasteiger partial charge on any atom is -0.336 e. The van der Waals surface area contributed by atoms with Crippen LogP contribution in [-0.4, -0.2) is 47.9 Å². The van der Waals surface area contributed by atoms with Gasteiger partial charge in [0.2, 0.25) is 0 Å². The summed E-state index contributed by atoms with van der Waals surface area (Å²) in [6.45, 7) is 8.00. The van der Waals surface area contributed by atoms with E-state index in [9.17, 15) is 4.79 Å². The Hall–Kier alpha value is -0.140. The predicted octanol–water partition coefficient (Wildman–Crippen LogP) is 3.22. The fourth-order valence-corrected chi connectivity index (χ4v) is 3.39. The van der Waals surface area contributed by atoms with Crippen molar-refractivity contribution in [3.05, 3.63) is 31.8 Å². The summed E-state index contributed by atoms with van der Waals surface area (Å²) in [6, 6.07) is 6.33. The summed E-state index contributed by atoms with van der Waals surface area (Å²) in [7, 11) is 0. The number of benzene rings is 1. The molecule has 5 heteroatoms. The average molecular weight is 437 g/mol. The highest BCUT2D eigenvalue weighted by atomic mass is 127. The van der Waals surface area contributed by atoms with Crippen LogP contribution in [0.5, 0.6) is 0 Å². The SMILES string of the molecule is CCN1CCN(C(=O)c2cc(I)ccc2Br)CC1C. The molecule has 1 aromatic rings. The number of amides is 1. The summed E-state index contributed by atoms with van der Waals surface area (Å²) in [4.78, 5) is 17.0. The molecule has 1 amide bonds. The first-order chi connectivity index (χ1) is 9.02. The molecule has 1 heterocycles. The minimum atomic E-state index is 0.132. The van der Waals surface area contributed by atoms with E-state index in [2.05, 4.69) is 57.3 Å². The molecule has 1 saturated heterocycles. The van der Waals surface area contributed by atoms with E-state index in [1.807, 2.05) is 23.1 Å². The first-order valence-corrected chi connectivity index (χ1v) is 8.38. The molecule has 1 aliphatic rings. The van der Waals surface area contributed by atoms with Gasteiger partial charge in [-0.2, -0.15) is 0 Å². The van der Waals surface area contributed by atoms with E-state index >= 15 is 0 Å². The van der Waals surface area contributed by atoms with Crippen molar-refractivity contribution in [2.75, 3.05) is 26.2 Å². The van der Waals surface area contributed by atoms with E-state index in [1.54, 1.807) is 0 Å². The second-order valence-corrected chi connectivity index (χ2v) is 6.95. The molecule has 0 radical (unpaired) electrons. The van der Waals surface area contributed by atoms with E-state index < -0.39 is 0 Å². The standard InChI is InChI=1S/C14H18BrIN2O/c1-3-17-6-7-18(9-10(17)2)14(19)12-8-11(16)4-5-13(12)15/h4-5,8,10H,3,6-7,9H2,1-2H3. The van der Waals surface area contributed by atoms with Crippen molar-refractivity contribution in [1.29, 1.82) is 0 Å². The van der Waals surface area contributed by atoms with Gasteiger partial charge in [-0.3, -0.25) is 9.69 Å². The maximum atomic E-state index is 12.6. The van der Waals surface area contributed by atoms with Crippen LogP contribution in [0.4, 0.5) is 0 Å². The van der Waals surface area contributed by atoms with Gasteiger partial charge in [0.15, 0.2) is 0 Å². The van der Waals surface area contributed by atoms with Gasteiger partial charge in [0, 0.05) is 33.7 Å². The van der Waals surface area contributed by atoms with Crippen LogP contribution in [0, 0.1) is 3.57 Å². The van der Waals surface area contributed by atoms with Crippen molar-refractivity contribution in [2.24, 2.45) is 0 Å². The maximum Gasteiger partial charge on any atom is 0.255 e. The number of carbonyl (C=O) groups excluding carboxylic acids is 1. The van der Waals surface area contributed by atoms with Gasteiger partial charge in [-0.25, -0.2) is 0 Å². The first-order valence-electron chi connectivity index (χ1n) is 6.51. The zero-order chi connectivity index (χ0) is 14.0. The molecule has 1 aromatic carbocycles. The highest BCUT2D eigenvalue weighted by molar-refractivity contribution is 14.1. The number of hydrogen-bond donors (Lipinski definition) is 0. The van der Waals surface area contributed by atoms with Crippen LogP contribution in [0.2, 0.25) is 0 Å².